The van der Waals surface area contributed by atoms with Crippen molar-refractivity contribution < 1.29 is 23.4 Å². The lowest BCUT2D eigenvalue weighted by atomic mass is 10.2. The van der Waals surface area contributed by atoms with Crippen molar-refractivity contribution in [3.05, 3.63) is 54.2 Å². The standard InChI is InChI=1S/C22H30N5O5P/c1-15(2)31-22(28)17(4)26-33(29,32-20-9-7-6-8-10-20)14-30-16(3)11-19-12-25-27-18(5)23-13-24-21(19)27/h6-10,12-13,15-17H,11,14H2,1-5H3,(H,26,29)/t16-,17+,33?/m1/s1. The van der Waals surface area contributed by atoms with Crippen molar-refractivity contribution >= 4 is 19.1 Å². The molecule has 33 heavy (non-hydrogen) atoms. The Labute approximate surface area is 193 Å². The summed E-state index contributed by atoms with van der Waals surface area (Å²) in [5, 5.41) is 7.11. The fraction of sp³-hybridized carbons (Fsp3) is 0.455. The van der Waals surface area contributed by atoms with Gasteiger partial charge in [0.05, 0.1) is 18.4 Å². The Morgan fingerprint density at radius 1 is 1.15 bits per heavy atom. The van der Waals surface area contributed by atoms with Gasteiger partial charge in [-0.2, -0.15) is 5.10 Å². The van der Waals surface area contributed by atoms with Gasteiger partial charge in [-0.3, -0.25) is 9.36 Å². The molecule has 0 saturated carbocycles. The highest BCUT2D eigenvalue weighted by Crippen LogP contribution is 2.44. The molecule has 1 unspecified atom stereocenters. The van der Waals surface area contributed by atoms with Crippen molar-refractivity contribution in [2.45, 2.75) is 59.3 Å². The summed E-state index contributed by atoms with van der Waals surface area (Å²) in [6, 6.07) is 7.91. The molecule has 10 nitrogen and oxygen atoms in total. The zero-order valence-electron chi connectivity index (χ0n) is 19.5. The number of aromatic nitrogens is 4. The predicted molar refractivity (Wildman–Crippen MR) is 123 cm³/mol. The minimum atomic E-state index is -3.61. The van der Waals surface area contributed by atoms with Crippen LogP contribution in [0.3, 0.4) is 0 Å². The number of hydrogen-bond acceptors (Lipinski definition) is 8. The fourth-order valence-corrected chi connectivity index (χ4v) is 4.92. The van der Waals surface area contributed by atoms with Crippen LogP contribution in [0.1, 0.15) is 39.1 Å². The normalized spacial score (nSPS) is 15.2. The second-order valence-electron chi connectivity index (χ2n) is 8.05. The Hall–Kier alpha value is -2.81. The molecule has 0 aliphatic rings. The topological polar surface area (TPSA) is 117 Å². The van der Waals surface area contributed by atoms with Crippen molar-refractivity contribution in [2.24, 2.45) is 0 Å². The first-order valence-electron chi connectivity index (χ1n) is 10.7. The molecule has 1 N–H and O–H groups in total. The highest BCUT2D eigenvalue weighted by molar-refractivity contribution is 7.57. The maximum Gasteiger partial charge on any atom is 0.342 e. The number of benzene rings is 1. The van der Waals surface area contributed by atoms with Crippen molar-refractivity contribution in [1.29, 1.82) is 0 Å². The van der Waals surface area contributed by atoms with Crippen LogP contribution in [0, 0.1) is 6.92 Å². The summed E-state index contributed by atoms with van der Waals surface area (Å²) in [4.78, 5) is 20.7. The van der Waals surface area contributed by atoms with E-state index >= 15 is 0 Å². The molecular formula is C22H30N5O5P. The van der Waals surface area contributed by atoms with Gasteiger partial charge in [0.15, 0.2) is 5.65 Å². The first-order chi connectivity index (χ1) is 15.7. The van der Waals surface area contributed by atoms with Gasteiger partial charge in [0.25, 0.3) is 0 Å². The molecule has 3 atom stereocenters. The Balaban J connectivity index is 1.70. The molecule has 3 aromatic rings. The SMILES string of the molecule is Cc1ncnc2c(C[C@@H](C)OCP(=O)(N[C@@H](C)C(=O)OC(C)C)Oc3ccccc3)cnn12. The van der Waals surface area contributed by atoms with Crippen molar-refractivity contribution in [2.75, 3.05) is 6.35 Å². The summed E-state index contributed by atoms with van der Waals surface area (Å²) in [6.45, 7) is 8.79. The smallest absolute Gasteiger partial charge is 0.342 e. The van der Waals surface area contributed by atoms with Crippen molar-refractivity contribution in [1.82, 2.24) is 24.7 Å². The van der Waals surface area contributed by atoms with E-state index in [9.17, 15) is 9.36 Å². The number of nitrogens with one attached hydrogen (secondary N) is 1. The Morgan fingerprint density at radius 2 is 1.88 bits per heavy atom. The fourth-order valence-electron chi connectivity index (χ4n) is 3.13. The number of esters is 1. The minimum absolute atomic E-state index is 0.240. The molecule has 0 saturated heterocycles. The first-order valence-corrected chi connectivity index (χ1v) is 12.6. The number of rotatable bonds is 11. The number of ether oxygens (including phenoxy) is 2. The van der Waals surface area contributed by atoms with Crippen LogP contribution in [0.2, 0.25) is 0 Å². The van der Waals surface area contributed by atoms with E-state index < -0.39 is 19.5 Å². The van der Waals surface area contributed by atoms with E-state index in [4.69, 9.17) is 14.0 Å². The third kappa shape index (κ3) is 6.83. The number of nitrogens with zero attached hydrogens (tertiary/aromatic N) is 4. The zero-order chi connectivity index (χ0) is 24.0. The van der Waals surface area contributed by atoms with E-state index in [0.29, 0.717) is 17.8 Å². The molecule has 0 radical (unpaired) electrons. The molecule has 0 fully saturated rings. The molecular weight excluding hydrogens is 445 g/mol. The number of para-hydroxylation sites is 1. The monoisotopic (exact) mass is 475 g/mol. The summed E-state index contributed by atoms with van der Waals surface area (Å²) in [5.74, 6) is 0.618. The Kier molecular flexibility index (Phi) is 8.18. The second kappa shape index (κ2) is 10.9. The van der Waals surface area contributed by atoms with Gasteiger partial charge in [-0.25, -0.2) is 19.6 Å². The highest BCUT2D eigenvalue weighted by atomic mass is 31.2. The summed E-state index contributed by atoms with van der Waals surface area (Å²) in [6.07, 6.45) is 2.86. The van der Waals surface area contributed by atoms with Gasteiger partial charge in [-0.05, 0) is 46.8 Å². The van der Waals surface area contributed by atoms with Gasteiger partial charge in [-0.1, -0.05) is 18.2 Å². The third-order valence-electron chi connectivity index (χ3n) is 4.68. The summed E-state index contributed by atoms with van der Waals surface area (Å²) in [7, 11) is -3.61. The zero-order valence-corrected chi connectivity index (χ0v) is 20.4. The third-order valence-corrected chi connectivity index (χ3v) is 6.45. The lowest BCUT2D eigenvalue weighted by molar-refractivity contribution is -0.149. The second-order valence-corrected chi connectivity index (χ2v) is 10.1. The van der Waals surface area contributed by atoms with Crippen LogP contribution >= 0.6 is 7.52 Å². The number of carbonyl (C=O) groups excluding carboxylic acids is 1. The molecule has 3 rings (SSSR count). The minimum Gasteiger partial charge on any atom is -0.462 e. The van der Waals surface area contributed by atoms with E-state index in [2.05, 4.69) is 20.2 Å². The molecule has 0 aliphatic heterocycles. The largest absolute Gasteiger partial charge is 0.462 e. The molecule has 2 heterocycles. The maximum atomic E-state index is 13.6. The van der Waals surface area contributed by atoms with E-state index in [1.807, 2.05) is 19.9 Å². The maximum absolute atomic E-state index is 13.6. The predicted octanol–water partition coefficient (Wildman–Crippen LogP) is 3.54. The molecule has 2 aromatic heterocycles. The number of carbonyl (C=O) groups is 1. The van der Waals surface area contributed by atoms with Gasteiger partial charge < -0.3 is 14.0 Å². The quantitative estimate of drug-likeness (QED) is 0.328. The molecule has 0 amide bonds. The molecule has 1 aromatic carbocycles. The average molecular weight is 475 g/mol. The van der Waals surface area contributed by atoms with Gasteiger partial charge >= 0.3 is 13.5 Å². The number of aryl methyl sites for hydroxylation is 1. The summed E-state index contributed by atoms with van der Waals surface area (Å²) in [5.41, 5.74) is 1.58. The Bertz CT molecular complexity index is 1120. The highest BCUT2D eigenvalue weighted by Gasteiger charge is 2.32. The molecule has 11 heteroatoms. The van der Waals surface area contributed by atoms with Crippen LogP contribution in [-0.4, -0.2) is 50.1 Å². The van der Waals surface area contributed by atoms with E-state index in [0.717, 1.165) is 11.4 Å². The van der Waals surface area contributed by atoms with Gasteiger partial charge in [0.2, 0.25) is 0 Å². The molecule has 0 aliphatic carbocycles. The van der Waals surface area contributed by atoms with Gasteiger partial charge in [0.1, 0.15) is 30.3 Å². The lowest BCUT2D eigenvalue weighted by Gasteiger charge is -2.25. The van der Waals surface area contributed by atoms with Crippen LogP contribution in [0.5, 0.6) is 5.75 Å². The van der Waals surface area contributed by atoms with Gasteiger partial charge in [0, 0.05) is 12.0 Å². The van der Waals surface area contributed by atoms with Crippen LogP contribution in [0.25, 0.3) is 5.65 Å². The summed E-state index contributed by atoms with van der Waals surface area (Å²) >= 11 is 0. The average Bonchev–Trinajstić information content (AvgIpc) is 3.16. The summed E-state index contributed by atoms with van der Waals surface area (Å²) < 4.78 is 32.2. The van der Waals surface area contributed by atoms with Crippen LogP contribution in [0.15, 0.2) is 42.9 Å². The molecule has 178 valence electrons. The number of hydrogen-bond donors (Lipinski definition) is 1. The lowest BCUT2D eigenvalue weighted by Crippen LogP contribution is -2.37. The first kappa shape index (κ1) is 24.8. The van der Waals surface area contributed by atoms with Crippen molar-refractivity contribution in [3.8, 4) is 5.75 Å². The Morgan fingerprint density at radius 3 is 2.58 bits per heavy atom. The van der Waals surface area contributed by atoms with E-state index in [-0.39, 0.29) is 18.6 Å². The van der Waals surface area contributed by atoms with Crippen LogP contribution in [-0.2, 0) is 25.3 Å². The molecule has 0 bridgehead atoms. The van der Waals surface area contributed by atoms with Crippen LogP contribution in [0.4, 0.5) is 0 Å². The van der Waals surface area contributed by atoms with Crippen molar-refractivity contribution in [3.63, 3.8) is 0 Å². The van der Waals surface area contributed by atoms with Gasteiger partial charge in [-0.15, -0.1) is 0 Å². The van der Waals surface area contributed by atoms with E-state index in [1.165, 1.54) is 6.33 Å². The molecule has 0 spiro atoms. The van der Waals surface area contributed by atoms with Crippen LogP contribution < -0.4 is 9.61 Å². The van der Waals surface area contributed by atoms with E-state index in [1.54, 1.807) is 55.7 Å². The number of fused-ring (bicyclic) bond motifs is 1.